The number of hydrogen-bond donors (Lipinski definition) is 0. The zero-order valence-electron chi connectivity index (χ0n) is 22.6. The van der Waals surface area contributed by atoms with Gasteiger partial charge in [-0.2, -0.15) is 0 Å². The maximum atomic E-state index is 13.3. The second-order valence-corrected chi connectivity index (χ2v) is 10.0. The van der Waals surface area contributed by atoms with Gasteiger partial charge in [-0.25, -0.2) is 4.68 Å². The largest absolute Gasteiger partial charge is 0.469 e. The maximum Gasteiger partial charge on any atom is 0.306 e. The first kappa shape index (κ1) is 25.6. The number of carbonyl (C=O) groups excluding carboxylic acids is 2. The fourth-order valence-corrected chi connectivity index (χ4v) is 5.27. The van der Waals surface area contributed by atoms with Crippen LogP contribution in [-0.2, 0) is 29.0 Å². The summed E-state index contributed by atoms with van der Waals surface area (Å²) in [7, 11) is 1.40. The second-order valence-electron chi connectivity index (χ2n) is 10.0. The summed E-state index contributed by atoms with van der Waals surface area (Å²) in [6.45, 7) is 9.92. The average molecular weight is 512 g/mol. The Balaban J connectivity index is 1.50. The van der Waals surface area contributed by atoms with E-state index in [-0.39, 0.29) is 24.2 Å². The van der Waals surface area contributed by atoms with Crippen LogP contribution >= 0.6 is 0 Å². The molecule has 0 aliphatic carbocycles. The van der Waals surface area contributed by atoms with Crippen molar-refractivity contribution < 1.29 is 14.3 Å². The SMILES string of the molecule is CCn1nnc2c(C)c([C@H](CC(=O)OC)c3ccc4c(n3)CN(C(=O)c3ccc(C)c(C)c3)CC4)ccc21. The first-order valence-electron chi connectivity index (χ1n) is 13.1. The number of rotatable bonds is 6. The summed E-state index contributed by atoms with van der Waals surface area (Å²) in [6, 6.07) is 14.0. The molecule has 0 radical (unpaired) electrons. The Morgan fingerprint density at radius 2 is 1.87 bits per heavy atom. The molecule has 1 aliphatic heterocycles. The lowest BCUT2D eigenvalue weighted by molar-refractivity contribution is -0.140. The fourth-order valence-electron chi connectivity index (χ4n) is 5.27. The number of methoxy groups -OCH3 is 1. The number of amides is 1. The quantitative estimate of drug-likeness (QED) is 0.350. The van der Waals surface area contributed by atoms with Crippen molar-refractivity contribution in [2.75, 3.05) is 13.7 Å². The second kappa shape index (κ2) is 10.4. The van der Waals surface area contributed by atoms with Gasteiger partial charge in [-0.05, 0) is 86.2 Å². The molecule has 0 unspecified atom stereocenters. The van der Waals surface area contributed by atoms with Gasteiger partial charge in [-0.3, -0.25) is 14.6 Å². The third kappa shape index (κ3) is 4.66. The minimum absolute atomic E-state index is 0.0115. The van der Waals surface area contributed by atoms with Crippen molar-refractivity contribution in [1.82, 2.24) is 24.9 Å². The smallest absolute Gasteiger partial charge is 0.306 e. The number of hydrogen-bond acceptors (Lipinski definition) is 6. The van der Waals surface area contributed by atoms with E-state index < -0.39 is 0 Å². The average Bonchev–Trinajstić information content (AvgIpc) is 3.36. The summed E-state index contributed by atoms with van der Waals surface area (Å²) in [5, 5.41) is 8.66. The van der Waals surface area contributed by atoms with E-state index in [1.165, 1.54) is 12.7 Å². The molecule has 0 saturated carbocycles. The highest BCUT2D eigenvalue weighted by molar-refractivity contribution is 5.94. The van der Waals surface area contributed by atoms with Gasteiger partial charge in [0, 0.05) is 30.3 Å². The molecule has 2 aromatic carbocycles. The monoisotopic (exact) mass is 511 g/mol. The van der Waals surface area contributed by atoms with Gasteiger partial charge in [0.1, 0.15) is 5.52 Å². The van der Waals surface area contributed by atoms with Crippen LogP contribution in [0.25, 0.3) is 11.0 Å². The zero-order valence-corrected chi connectivity index (χ0v) is 22.6. The summed E-state index contributed by atoms with van der Waals surface area (Å²) in [4.78, 5) is 32.7. The van der Waals surface area contributed by atoms with Crippen molar-refractivity contribution in [2.45, 2.75) is 59.5 Å². The number of nitrogens with zero attached hydrogens (tertiary/aromatic N) is 5. The molecule has 0 saturated heterocycles. The van der Waals surface area contributed by atoms with Crippen molar-refractivity contribution in [3.63, 3.8) is 0 Å². The number of benzene rings is 2. The first-order chi connectivity index (χ1) is 18.3. The van der Waals surface area contributed by atoms with Gasteiger partial charge >= 0.3 is 5.97 Å². The molecule has 5 rings (SSSR count). The number of aromatic nitrogens is 4. The highest BCUT2D eigenvalue weighted by Gasteiger charge is 2.27. The van der Waals surface area contributed by atoms with Crippen molar-refractivity contribution >= 4 is 22.9 Å². The lowest BCUT2D eigenvalue weighted by Crippen LogP contribution is -2.36. The van der Waals surface area contributed by atoms with Gasteiger partial charge in [-0.1, -0.05) is 23.4 Å². The highest BCUT2D eigenvalue weighted by Crippen LogP contribution is 2.34. The van der Waals surface area contributed by atoms with Crippen LogP contribution in [0.15, 0.2) is 42.5 Å². The molecule has 8 nitrogen and oxygen atoms in total. The van der Waals surface area contributed by atoms with E-state index in [0.717, 1.165) is 57.6 Å². The maximum absolute atomic E-state index is 13.3. The fraction of sp³-hybridized carbons (Fsp3) is 0.367. The van der Waals surface area contributed by atoms with E-state index in [0.29, 0.717) is 18.7 Å². The van der Waals surface area contributed by atoms with Crippen LogP contribution in [-0.4, -0.2) is 50.4 Å². The Hall–Kier alpha value is -4.07. The Kier molecular flexibility index (Phi) is 6.97. The van der Waals surface area contributed by atoms with Crippen LogP contribution in [0.2, 0.25) is 0 Å². The van der Waals surface area contributed by atoms with Gasteiger partial charge in [0.15, 0.2) is 0 Å². The van der Waals surface area contributed by atoms with E-state index >= 15 is 0 Å². The number of aryl methyl sites for hydroxylation is 4. The van der Waals surface area contributed by atoms with E-state index in [1.54, 1.807) is 0 Å². The summed E-state index contributed by atoms with van der Waals surface area (Å²) in [6.07, 6.45) is 0.897. The molecular formula is C30H33N5O3. The molecule has 4 aromatic rings. The van der Waals surface area contributed by atoms with E-state index in [2.05, 4.69) is 16.4 Å². The van der Waals surface area contributed by atoms with Gasteiger partial charge in [0.25, 0.3) is 5.91 Å². The number of ether oxygens (including phenoxy) is 1. The summed E-state index contributed by atoms with van der Waals surface area (Å²) in [5.41, 5.74) is 9.47. The standard InChI is InChI=1S/C30H33N5O3/c1-6-35-27-12-10-23(20(4)29(27)32-33-35)24(16-28(36)38-5)25-11-9-21-13-14-34(17-26(21)31-25)30(37)22-8-7-18(2)19(3)15-22/h7-12,15,24H,6,13-14,16-17H2,1-5H3/t24-/m0/s1. The Morgan fingerprint density at radius 3 is 2.61 bits per heavy atom. The molecule has 3 heterocycles. The van der Waals surface area contributed by atoms with Crippen LogP contribution < -0.4 is 0 Å². The molecule has 0 bridgehead atoms. The molecule has 1 aliphatic rings. The van der Waals surface area contributed by atoms with Crippen LogP contribution in [0.5, 0.6) is 0 Å². The van der Waals surface area contributed by atoms with Crippen molar-refractivity contribution in [1.29, 1.82) is 0 Å². The van der Waals surface area contributed by atoms with Gasteiger partial charge in [0.05, 0.1) is 31.3 Å². The van der Waals surface area contributed by atoms with Crippen molar-refractivity contribution in [3.05, 3.63) is 87.2 Å². The predicted molar refractivity (Wildman–Crippen MR) is 145 cm³/mol. The molecule has 0 fully saturated rings. The minimum Gasteiger partial charge on any atom is -0.469 e. The van der Waals surface area contributed by atoms with Gasteiger partial charge < -0.3 is 9.64 Å². The number of pyridine rings is 1. The van der Waals surface area contributed by atoms with Gasteiger partial charge in [-0.15, -0.1) is 5.10 Å². The van der Waals surface area contributed by atoms with Crippen LogP contribution in [0.3, 0.4) is 0 Å². The molecule has 1 amide bonds. The van der Waals surface area contributed by atoms with Crippen molar-refractivity contribution in [2.24, 2.45) is 0 Å². The Morgan fingerprint density at radius 1 is 1.05 bits per heavy atom. The van der Waals surface area contributed by atoms with E-state index in [9.17, 15) is 9.59 Å². The van der Waals surface area contributed by atoms with E-state index in [1.807, 2.05) is 73.7 Å². The number of esters is 1. The predicted octanol–water partition coefficient (Wildman–Crippen LogP) is 4.66. The number of carbonyl (C=O) groups is 2. The summed E-state index contributed by atoms with van der Waals surface area (Å²) < 4.78 is 6.91. The third-order valence-electron chi connectivity index (χ3n) is 7.74. The molecule has 0 N–H and O–H groups in total. The van der Waals surface area contributed by atoms with Crippen LogP contribution in [0.1, 0.15) is 68.8 Å². The first-order valence-corrected chi connectivity index (χ1v) is 13.1. The molecule has 196 valence electrons. The lowest BCUT2D eigenvalue weighted by Gasteiger charge is -2.29. The summed E-state index contributed by atoms with van der Waals surface area (Å²) in [5.74, 6) is -0.607. The Bertz CT molecular complexity index is 1540. The van der Waals surface area contributed by atoms with Crippen molar-refractivity contribution in [3.8, 4) is 0 Å². The topological polar surface area (TPSA) is 90.2 Å². The third-order valence-corrected chi connectivity index (χ3v) is 7.74. The normalized spacial score (nSPS) is 13.9. The van der Waals surface area contributed by atoms with E-state index in [4.69, 9.17) is 9.72 Å². The molecule has 38 heavy (non-hydrogen) atoms. The Labute approximate surface area is 222 Å². The van der Waals surface area contributed by atoms with Gasteiger partial charge in [0.2, 0.25) is 0 Å². The van der Waals surface area contributed by atoms with Crippen LogP contribution in [0.4, 0.5) is 0 Å². The summed E-state index contributed by atoms with van der Waals surface area (Å²) >= 11 is 0. The molecule has 1 atom stereocenters. The molecule has 2 aromatic heterocycles. The molecule has 0 spiro atoms. The zero-order chi connectivity index (χ0) is 27.0. The minimum atomic E-state index is -0.310. The molecular weight excluding hydrogens is 478 g/mol. The number of fused-ring (bicyclic) bond motifs is 2. The molecule has 8 heteroatoms. The lowest BCUT2D eigenvalue weighted by atomic mass is 9.87. The van der Waals surface area contributed by atoms with Crippen LogP contribution in [0, 0.1) is 20.8 Å². The highest BCUT2D eigenvalue weighted by atomic mass is 16.5.